The summed E-state index contributed by atoms with van der Waals surface area (Å²) in [6.07, 6.45) is 9.36. The highest BCUT2D eigenvalue weighted by Gasteiger charge is 2.16. The normalized spacial score (nSPS) is 23.4. The van der Waals surface area contributed by atoms with Crippen LogP contribution in [0.25, 0.3) is 0 Å². The van der Waals surface area contributed by atoms with Crippen LogP contribution in [0.15, 0.2) is 18.2 Å². The number of fused-ring (bicyclic) bond motifs is 1. The molecule has 2 aliphatic rings. The smallest absolute Gasteiger partial charge is 0.0747 e. The molecule has 0 saturated carbocycles. The maximum Gasteiger partial charge on any atom is 0.0747 e. The van der Waals surface area contributed by atoms with Crippen LogP contribution >= 0.6 is 0 Å². The molecule has 0 radical (unpaired) electrons. The van der Waals surface area contributed by atoms with E-state index in [1.807, 2.05) is 0 Å². The number of ether oxygens (including phenoxy) is 1. The number of nitrogens with one attached hydrogen (secondary N) is 1. The molecule has 0 spiro atoms. The Hall–Kier alpha value is -1.02. The van der Waals surface area contributed by atoms with Gasteiger partial charge in [0, 0.05) is 18.8 Å². The lowest BCUT2D eigenvalue weighted by Crippen LogP contribution is -2.27. The molecule has 1 N–H and O–H groups in total. The second kappa shape index (κ2) is 5.75. The molecule has 18 heavy (non-hydrogen) atoms. The Balaban J connectivity index is 1.65. The van der Waals surface area contributed by atoms with E-state index in [1.165, 1.54) is 50.6 Å². The van der Waals surface area contributed by atoms with Crippen molar-refractivity contribution >= 4 is 5.69 Å². The Morgan fingerprint density at radius 3 is 2.94 bits per heavy atom. The van der Waals surface area contributed by atoms with Gasteiger partial charge in [-0.3, -0.25) is 0 Å². The average Bonchev–Trinajstić information content (AvgIpc) is 2.46. The quantitative estimate of drug-likeness (QED) is 0.879. The molecule has 2 nitrogen and oxygen atoms in total. The second-order valence-electron chi connectivity index (χ2n) is 5.52. The number of aryl methyl sites for hydroxylation is 1. The molecule has 98 valence electrons. The van der Waals surface area contributed by atoms with Gasteiger partial charge in [-0.2, -0.15) is 0 Å². The summed E-state index contributed by atoms with van der Waals surface area (Å²) in [5.74, 6) is 0. The number of benzene rings is 1. The Labute approximate surface area is 110 Å². The van der Waals surface area contributed by atoms with Crippen LogP contribution in [0.4, 0.5) is 5.69 Å². The van der Waals surface area contributed by atoms with Gasteiger partial charge in [-0.05, 0) is 62.1 Å². The van der Waals surface area contributed by atoms with Gasteiger partial charge in [0.15, 0.2) is 0 Å². The van der Waals surface area contributed by atoms with Crippen LogP contribution in [0.5, 0.6) is 0 Å². The summed E-state index contributed by atoms with van der Waals surface area (Å²) in [6.45, 7) is 1.91. The van der Waals surface area contributed by atoms with E-state index >= 15 is 0 Å². The Kier molecular flexibility index (Phi) is 3.84. The zero-order valence-corrected chi connectivity index (χ0v) is 11.1. The SMILES string of the molecule is c1cc2c(c(NCC3CCCCO3)c1)CCCC2. The zero-order valence-electron chi connectivity index (χ0n) is 11.1. The van der Waals surface area contributed by atoms with E-state index in [9.17, 15) is 0 Å². The molecule has 0 amide bonds. The van der Waals surface area contributed by atoms with Crippen molar-refractivity contribution in [2.75, 3.05) is 18.5 Å². The summed E-state index contributed by atoms with van der Waals surface area (Å²) in [4.78, 5) is 0. The summed E-state index contributed by atoms with van der Waals surface area (Å²) in [5, 5.41) is 3.62. The number of hydrogen-bond acceptors (Lipinski definition) is 2. The van der Waals surface area contributed by atoms with Crippen molar-refractivity contribution in [2.24, 2.45) is 0 Å². The zero-order chi connectivity index (χ0) is 12.2. The maximum absolute atomic E-state index is 5.78. The first kappa shape index (κ1) is 12.0. The van der Waals surface area contributed by atoms with Crippen LogP contribution in [-0.4, -0.2) is 19.3 Å². The largest absolute Gasteiger partial charge is 0.382 e. The fourth-order valence-electron chi connectivity index (χ4n) is 3.14. The predicted molar refractivity (Wildman–Crippen MR) is 75.2 cm³/mol. The summed E-state index contributed by atoms with van der Waals surface area (Å²) in [5.41, 5.74) is 4.46. The van der Waals surface area contributed by atoms with E-state index < -0.39 is 0 Å². The van der Waals surface area contributed by atoms with Crippen LogP contribution in [0.3, 0.4) is 0 Å². The van der Waals surface area contributed by atoms with E-state index in [-0.39, 0.29) is 0 Å². The van der Waals surface area contributed by atoms with Crippen LogP contribution in [0.1, 0.15) is 43.2 Å². The third-order valence-electron chi connectivity index (χ3n) is 4.19. The van der Waals surface area contributed by atoms with Crippen LogP contribution in [-0.2, 0) is 17.6 Å². The molecule has 1 saturated heterocycles. The molecule has 1 aliphatic heterocycles. The lowest BCUT2D eigenvalue weighted by atomic mass is 9.90. The molecule has 0 bridgehead atoms. The van der Waals surface area contributed by atoms with Gasteiger partial charge >= 0.3 is 0 Å². The highest BCUT2D eigenvalue weighted by atomic mass is 16.5. The summed E-state index contributed by atoms with van der Waals surface area (Å²) < 4.78 is 5.78. The molecule has 1 aromatic rings. The van der Waals surface area contributed by atoms with Gasteiger partial charge in [-0.15, -0.1) is 0 Å². The fraction of sp³-hybridized carbons (Fsp3) is 0.625. The van der Waals surface area contributed by atoms with Crippen molar-refractivity contribution < 1.29 is 4.74 Å². The monoisotopic (exact) mass is 245 g/mol. The van der Waals surface area contributed by atoms with Gasteiger partial charge in [0.25, 0.3) is 0 Å². The van der Waals surface area contributed by atoms with Crippen molar-refractivity contribution in [3.8, 4) is 0 Å². The first-order valence-electron chi connectivity index (χ1n) is 7.40. The van der Waals surface area contributed by atoms with Crippen molar-refractivity contribution in [2.45, 2.75) is 51.0 Å². The number of rotatable bonds is 3. The van der Waals surface area contributed by atoms with Crippen molar-refractivity contribution in [1.29, 1.82) is 0 Å². The second-order valence-corrected chi connectivity index (χ2v) is 5.52. The number of hydrogen-bond donors (Lipinski definition) is 1. The van der Waals surface area contributed by atoms with E-state index in [0.717, 1.165) is 13.2 Å². The topological polar surface area (TPSA) is 21.3 Å². The predicted octanol–water partition coefficient (Wildman–Crippen LogP) is 3.55. The van der Waals surface area contributed by atoms with Crippen molar-refractivity contribution in [3.63, 3.8) is 0 Å². The fourth-order valence-corrected chi connectivity index (χ4v) is 3.14. The summed E-state index contributed by atoms with van der Waals surface area (Å²) >= 11 is 0. The van der Waals surface area contributed by atoms with Crippen LogP contribution in [0.2, 0.25) is 0 Å². The molecule has 1 aromatic carbocycles. The maximum atomic E-state index is 5.78. The molecule has 0 aromatic heterocycles. The first-order valence-corrected chi connectivity index (χ1v) is 7.40. The molecular weight excluding hydrogens is 222 g/mol. The molecule has 1 atom stereocenters. The molecule has 3 rings (SSSR count). The average molecular weight is 245 g/mol. The van der Waals surface area contributed by atoms with Crippen molar-refractivity contribution in [1.82, 2.24) is 0 Å². The molecule has 1 fully saturated rings. The minimum Gasteiger partial charge on any atom is -0.382 e. The third kappa shape index (κ3) is 2.69. The highest BCUT2D eigenvalue weighted by Crippen LogP contribution is 2.28. The van der Waals surface area contributed by atoms with Gasteiger partial charge in [-0.1, -0.05) is 12.1 Å². The number of anilines is 1. The summed E-state index contributed by atoms with van der Waals surface area (Å²) in [6, 6.07) is 6.71. The standard InChI is InChI=1S/C16H23NO/c1-2-9-15-13(6-1)7-5-10-16(15)17-12-14-8-3-4-11-18-14/h5,7,10,14,17H,1-4,6,8-9,11-12H2. The Morgan fingerprint density at radius 1 is 1.11 bits per heavy atom. The first-order chi connectivity index (χ1) is 8.93. The minimum absolute atomic E-state index is 0.415. The molecule has 1 unspecified atom stereocenters. The van der Waals surface area contributed by atoms with Gasteiger partial charge < -0.3 is 10.1 Å². The third-order valence-corrected chi connectivity index (χ3v) is 4.19. The van der Waals surface area contributed by atoms with E-state index in [1.54, 1.807) is 11.1 Å². The molecule has 1 aliphatic carbocycles. The summed E-state index contributed by atoms with van der Waals surface area (Å²) in [7, 11) is 0. The molecule has 2 heteroatoms. The van der Waals surface area contributed by atoms with Gasteiger partial charge in [0.2, 0.25) is 0 Å². The van der Waals surface area contributed by atoms with Gasteiger partial charge in [-0.25, -0.2) is 0 Å². The van der Waals surface area contributed by atoms with Crippen LogP contribution in [0, 0.1) is 0 Å². The lowest BCUT2D eigenvalue weighted by molar-refractivity contribution is 0.0247. The van der Waals surface area contributed by atoms with Crippen molar-refractivity contribution in [3.05, 3.63) is 29.3 Å². The molecule has 1 heterocycles. The van der Waals surface area contributed by atoms with E-state index in [2.05, 4.69) is 23.5 Å². The minimum atomic E-state index is 0.415. The van der Waals surface area contributed by atoms with Gasteiger partial charge in [0.05, 0.1) is 6.10 Å². The van der Waals surface area contributed by atoms with Gasteiger partial charge in [0.1, 0.15) is 0 Å². The Bertz CT molecular complexity index is 396. The Morgan fingerprint density at radius 2 is 2.06 bits per heavy atom. The van der Waals surface area contributed by atoms with Crippen LogP contribution < -0.4 is 5.32 Å². The van der Waals surface area contributed by atoms with E-state index in [4.69, 9.17) is 4.74 Å². The molecular formula is C16H23NO. The highest BCUT2D eigenvalue weighted by molar-refractivity contribution is 5.55. The lowest BCUT2D eigenvalue weighted by Gasteiger charge is -2.25. The van der Waals surface area contributed by atoms with E-state index in [0.29, 0.717) is 6.10 Å².